The van der Waals surface area contributed by atoms with E-state index in [1.54, 1.807) is 0 Å². The maximum atomic E-state index is 9.85. The molecule has 0 aromatic carbocycles. The largest absolute Gasteiger partial charge is 0.319 e. The molecule has 0 fully saturated rings. The summed E-state index contributed by atoms with van der Waals surface area (Å²) in [6, 6.07) is 1.82. The van der Waals surface area contributed by atoms with E-state index in [-0.39, 0.29) is 0 Å². The minimum absolute atomic E-state index is 0.646. The van der Waals surface area contributed by atoms with Crippen molar-refractivity contribution in [2.75, 3.05) is 5.32 Å². The van der Waals surface area contributed by atoms with Crippen LogP contribution in [-0.2, 0) is 4.79 Å². The lowest BCUT2D eigenvalue weighted by atomic mass is 10.5. The highest BCUT2D eigenvalue weighted by Crippen LogP contribution is 2.13. The van der Waals surface area contributed by atoms with Crippen LogP contribution in [0.1, 0.15) is 5.69 Å². The van der Waals surface area contributed by atoms with Gasteiger partial charge in [0, 0.05) is 0 Å². The molecule has 0 spiro atoms. The number of aryl methyl sites for hydroxylation is 1. The lowest BCUT2D eigenvalue weighted by Gasteiger charge is -1.83. The molecule has 0 aliphatic carbocycles. The zero-order valence-corrected chi connectivity index (χ0v) is 5.73. The van der Waals surface area contributed by atoms with Crippen molar-refractivity contribution in [3.8, 4) is 0 Å². The Morgan fingerprint density at radius 2 is 2.67 bits per heavy atom. The molecule has 9 heavy (non-hydrogen) atoms. The minimum atomic E-state index is 0.646. The molecule has 0 bridgehead atoms. The molecule has 0 saturated heterocycles. The number of nitrogens with zero attached hydrogens (tertiary/aromatic N) is 1. The number of hydrogen-bond donors (Lipinski definition) is 1. The molecule has 0 radical (unpaired) electrons. The van der Waals surface area contributed by atoms with Crippen molar-refractivity contribution in [1.29, 1.82) is 0 Å². The van der Waals surface area contributed by atoms with E-state index in [9.17, 15) is 4.79 Å². The van der Waals surface area contributed by atoms with E-state index >= 15 is 0 Å². The van der Waals surface area contributed by atoms with E-state index in [1.807, 2.05) is 13.0 Å². The van der Waals surface area contributed by atoms with Crippen LogP contribution >= 0.6 is 11.5 Å². The van der Waals surface area contributed by atoms with Crippen LogP contribution < -0.4 is 5.32 Å². The van der Waals surface area contributed by atoms with Crippen LogP contribution in [0.4, 0.5) is 5.00 Å². The Bertz CT molecular complexity index is 208. The van der Waals surface area contributed by atoms with E-state index < -0.39 is 0 Å². The molecule has 48 valence electrons. The van der Waals surface area contributed by atoms with Crippen LogP contribution in [0.3, 0.4) is 0 Å². The van der Waals surface area contributed by atoms with Gasteiger partial charge in [-0.1, -0.05) is 0 Å². The summed E-state index contributed by atoms with van der Waals surface area (Å²) in [5, 5.41) is 3.30. The average Bonchev–Trinajstić information content (AvgIpc) is 2.17. The molecule has 0 aliphatic heterocycles. The first-order valence-electron chi connectivity index (χ1n) is 2.46. The van der Waals surface area contributed by atoms with Gasteiger partial charge in [0.2, 0.25) is 6.41 Å². The highest BCUT2D eigenvalue weighted by molar-refractivity contribution is 7.10. The highest BCUT2D eigenvalue weighted by atomic mass is 32.1. The number of carbonyl (C=O) groups is 1. The zero-order chi connectivity index (χ0) is 6.69. The van der Waals surface area contributed by atoms with E-state index in [4.69, 9.17) is 0 Å². The normalized spacial score (nSPS) is 9.00. The molecule has 0 saturated carbocycles. The molecule has 1 aromatic rings. The molecular weight excluding hydrogens is 136 g/mol. The first-order chi connectivity index (χ1) is 4.33. The SMILES string of the molecule is Cc1cc(NC=O)sn1. The van der Waals surface area contributed by atoms with E-state index in [0.29, 0.717) is 6.41 Å². The number of amides is 1. The van der Waals surface area contributed by atoms with Crippen molar-refractivity contribution >= 4 is 22.9 Å². The lowest BCUT2D eigenvalue weighted by molar-refractivity contribution is -0.105. The highest BCUT2D eigenvalue weighted by Gasteiger charge is 1.92. The molecular formula is C5H6N2OS. The smallest absolute Gasteiger partial charge is 0.212 e. The fourth-order valence-electron chi connectivity index (χ4n) is 0.490. The van der Waals surface area contributed by atoms with Gasteiger partial charge in [0.25, 0.3) is 0 Å². The fourth-order valence-corrected chi connectivity index (χ4v) is 1.11. The fraction of sp³-hybridized carbons (Fsp3) is 0.200. The second kappa shape index (κ2) is 2.59. The van der Waals surface area contributed by atoms with E-state index in [2.05, 4.69) is 9.69 Å². The Labute approximate surface area is 56.9 Å². The Morgan fingerprint density at radius 1 is 1.89 bits per heavy atom. The Hall–Kier alpha value is -0.900. The van der Waals surface area contributed by atoms with Gasteiger partial charge < -0.3 is 5.32 Å². The summed E-state index contributed by atoms with van der Waals surface area (Å²) >= 11 is 1.28. The average molecular weight is 142 g/mol. The van der Waals surface area contributed by atoms with Gasteiger partial charge in [-0.2, -0.15) is 4.37 Å². The van der Waals surface area contributed by atoms with Crippen molar-refractivity contribution in [1.82, 2.24) is 4.37 Å². The first kappa shape index (κ1) is 6.22. The van der Waals surface area contributed by atoms with Crippen molar-refractivity contribution < 1.29 is 4.79 Å². The number of anilines is 1. The summed E-state index contributed by atoms with van der Waals surface area (Å²) in [5.41, 5.74) is 0.935. The molecule has 0 unspecified atom stereocenters. The second-order valence-corrected chi connectivity index (χ2v) is 2.40. The van der Waals surface area contributed by atoms with E-state index in [0.717, 1.165) is 10.7 Å². The Balaban J connectivity index is 2.72. The van der Waals surface area contributed by atoms with Crippen molar-refractivity contribution in [2.24, 2.45) is 0 Å². The predicted octanol–water partition coefficient (Wildman–Crippen LogP) is 1.02. The summed E-state index contributed by atoms with van der Waals surface area (Å²) in [7, 11) is 0. The second-order valence-electron chi connectivity index (χ2n) is 1.59. The quantitative estimate of drug-likeness (QED) is 0.626. The Kier molecular flexibility index (Phi) is 1.79. The lowest BCUT2D eigenvalue weighted by Crippen LogP contribution is -1.88. The van der Waals surface area contributed by atoms with Crippen LogP contribution in [0.15, 0.2) is 6.07 Å². The zero-order valence-electron chi connectivity index (χ0n) is 4.92. The van der Waals surface area contributed by atoms with Gasteiger partial charge in [-0.15, -0.1) is 0 Å². The molecule has 1 rings (SSSR count). The van der Waals surface area contributed by atoms with Gasteiger partial charge >= 0.3 is 0 Å². The van der Waals surface area contributed by atoms with Crippen LogP contribution in [0.25, 0.3) is 0 Å². The van der Waals surface area contributed by atoms with Gasteiger partial charge in [0.15, 0.2) is 0 Å². The van der Waals surface area contributed by atoms with Crippen molar-refractivity contribution in [2.45, 2.75) is 6.92 Å². The van der Waals surface area contributed by atoms with Gasteiger partial charge in [-0.3, -0.25) is 4.79 Å². The molecule has 4 heteroatoms. The molecule has 1 N–H and O–H groups in total. The summed E-state index contributed by atoms with van der Waals surface area (Å²) in [5.74, 6) is 0. The molecule has 1 aromatic heterocycles. The van der Waals surface area contributed by atoms with Crippen LogP contribution in [-0.4, -0.2) is 10.8 Å². The molecule has 1 amide bonds. The Morgan fingerprint density at radius 3 is 3.11 bits per heavy atom. The molecule has 1 heterocycles. The topological polar surface area (TPSA) is 42.0 Å². The van der Waals surface area contributed by atoms with Crippen LogP contribution in [0, 0.1) is 6.92 Å². The summed E-state index contributed by atoms with van der Waals surface area (Å²) < 4.78 is 3.96. The monoisotopic (exact) mass is 142 g/mol. The predicted molar refractivity (Wildman–Crippen MR) is 36.5 cm³/mol. The number of carbonyl (C=O) groups excluding carboxylic acids is 1. The molecule has 3 nitrogen and oxygen atoms in total. The third kappa shape index (κ3) is 1.50. The van der Waals surface area contributed by atoms with Crippen molar-refractivity contribution in [3.05, 3.63) is 11.8 Å². The minimum Gasteiger partial charge on any atom is -0.319 e. The van der Waals surface area contributed by atoms with Gasteiger partial charge in [0.05, 0.1) is 5.69 Å². The van der Waals surface area contributed by atoms with Crippen LogP contribution in [0.2, 0.25) is 0 Å². The maximum Gasteiger partial charge on any atom is 0.212 e. The molecule has 0 aliphatic rings. The number of nitrogens with one attached hydrogen (secondary N) is 1. The molecule has 0 atom stereocenters. The third-order valence-corrected chi connectivity index (χ3v) is 1.64. The van der Waals surface area contributed by atoms with Crippen molar-refractivity contribution in [3.63, 3.8) is 0 Å². The van der Waals surface area contributed by atoms with Crippen LogP contribution in [0.5, 0.6) is 0 Å². The van der Waals surface area contributed by atoms with E-state index in [1.165, 1.54) is 11.5 Å². The maximum absolute atomic E-state index is 9.85. The van der Waals surface area contributed by atoms with Gasteiger partial charge in [-0.25, -0.2) is 0 Å². The third-order valence-electron chi connectivity index (χ3n) is 0.829. The number of aromatic nitrogens is 1. The summed E-state index contributed by atoms with van der Waals surface area (Å²) in [6.45, 7) is 1.88. The summed E-state index contributed by atoms with van der Waals surface area (Å²) in [6.07, 6.45) is 0.646. The first-order valence-corrected chi connectivity index (χ1v) is 3.24. The number of rotatable bonds is 2. The van der Waals surface area contributed by atoms with Gasteiger partial charge in [-0.05, 0) is 24.5 Å². The number of hydrogen-bond acceptors (Lipinski definition) is 3. The standard InChI is InChI=1S/C5H6N2OS/c1-4-2-5(6-3-8)9-7-4/h2-3H,1H3,(H,6,8). The van der Waals surface area contributed by atoms with Gasteiger partial charge in [0.1, 0.15) is 5.00 Å². The summed E-state index contributed by atoms with van der Waals surface area (Å²) in [4.78, 5) is 9.85.